The number of nitrogens with zero attached hydrogens (tertiary/aromatic N) is 5. The van der Waals surface area contributed by atoms with Gasteiger partial charge in [0.15, 0.2) is 5.82 Å². The Morgan fingerprint density at radius 3 is 2.70 bits per heavy atom. The van der Waals surface area contributed by atoms with Gasteiger partial charge in [-0.15, -0.1) is 5.10 Å². The van der Waals surface area contributed by atoms with E-state index in [1.165, 1.54) is 12.8 Å². The van der Waals surface area contributed by atoms with Crippen molar-refractivity contribution in [3.05, 3.63) is 6.20 Å². The summed E-state index contributed by atoms with van der Waals surface area (Å²) in [5.74, 6) is 2.49. The van der Waals surface area contributed by atoms with Crippen molar-refractivity contribution in [3.8, 4) is 0 Å². The highest BCUT2D eigenvalue weighted by Crippen LogP contribution is 2.21. The SMILES string of the molecule is CCCN(CCC)c1cnnc(N2CCCC(C)C2)n1. The highest BCUT2D eigenvalue weighted by Gasteiger charge is 2.20. The first-order valence-electron chi connectivity index (χ1n) is 7.94. The lowest BCUT2D eigenvalue weighted by Gasteiger charge is -2.31. The van der Waals surface area contributed by atoms with Crippen LogP contribution >= 0.6 is 0 Å². The van der Waals surface area contributed by atoms with Crippen LogP contribution in [-0.4, -0.2) is 41.4 Å². The Hall–Kier alpha value is -1.39. The molecule has 1 atom stereocenters. The zero-order valence-electron chi connectivity index (χ0n) is 13.0. The summed E-state index contributed by atoms with van der Waals surface area (Å²) < 4.78 is 0. The molecule has 2 rings (SSSR count). The van der Waals surface area contributed by atoms with Gasteiger partial charge in [0.1, 0.15) is 0 Å². The largest absolute Gasteiger partial charge is 0.355 e. The van der Waals surface area contributed by atoms with E-state index < -0.39 is 0 Å². The van der Waals surface area contributed by atoms with Crippen LogP contribution in [0.5, 0.6) is 0 Å². The normalized spacial score (nSPS) is 19.1. The van der Waals surface area contributed by atoms with Crippen LogP contribution in [-0.2, 0) is 0 Å². The van der Waals surface area contributed by atoms with E-state index in [2.05, 4.69) is 40.8 Å². The molecular weight excluding hydrogens is 250 g/mol. The summed E-state index contributed by atoms with van der Waals surface area (Å²) in [5, 5.41) is 8.41. The molecule has 0 saturated carbocycles. The van der Waals surface area contributed by atoms with Crippen molar-refractivity contribution in [1.29, 1.82) is 0 Å². The zero-order valence-corrected chi connectivity index (χ0v) is 13.0. The van der Waals surface area contributed by atoms with E-state index in [-0.39, 0.29) is 0 Å². The van der Waals surface area contributed by atoms with Crippen molar-refractivity contribution < 1.29 is 0 Å². The first kappa shape index (κ1) is 15.0. The second-order valence-electron chi connectivity index (χ2n) is 5.80. The van der Waals surface area contributed by atoms with E-state index in [0.29, 0.717) is 0 Å². The van der Waals surface area contributed by atoms with Gasteiger partial charge in [0, 0.05) is 26.2 Å². The Bertz CT molecular complexity index is 383. The average Bonchev–Trinajstić information content (AvgIpc) is 2.47. The minimum absolute atomic E-state index is 0.721. The molecule has 0 amide bonds. The second-order valence-corrected chi connectivity index (χ2v) is 5.80. The Morgan fingerprint density at radius 1 is 1.30 bits per heavy atom. The van der Waals surface area contributed by atoms with Crippen molar-refractivity contribution in [3.63, 3.8) is 0 Å². The Labute approximate surface area is 122 Å². The van der Waals surface area contributed by atoms with E-state index in [9.17, 15) is 0 Å². The van der Waals surface area contributed by atoms with Crippen molar-refractivity contribution in [2.75, 3.05) is 36.0 Å². The number of piperidine rings is 1. The first-order chi connectivity index (χ1) is 9.74. The minimum atomic E-state index is 0.721. The molecule has 1 aromatic heterocycles. The molecule has 1 aliphatic heterocycles. The monoisotopic (exact) mass is 277 g/mol. The van der Waals surface area contributed by atoms with Gasteiger partial charge in [0.05, 0.1) is 6.20 Å². The topological polar surface area (TPSA) is 45.2 Å². The van der Waals surface area contributed by atoms with Crippen LogP contribution in [0.2, 0.25) is 0 Å². The van der Waals surface area contributed by atoms with Gasteiger partial charge in [-0.1, -0.05) is 20.8 Å². The van der Waals surface area contributed by atoms with Gasteiger partial charge in [-0.3, -0.25) is 0 Å². The molecule has 0 bridgehead atoms. The molecule has 5 heteroatoms. The summed E-state index contributed by atoms with van der Waals surface area (Å²) in [4.78, 5) is 9.34. The van der Waals surface area contributed by atoms with E-state index in [1.807, 2.05) is 0 Å². The summed E-state index contributed by atoms with van der Waals surface area (Å²) in [5.41, 5.74) is 0. The maximum Gasteiger partial charge on any atom is 0.247 e. The van der Waals surface area contributed by atoms with Crippen LogP contribution in [0.25, 0.3) is 0 Å². The third-order valence-corrected chi connectivity index (χ3v) is 3.79. The molecule has 0 aromatic carbocycles. The van der Waals surface area contributed by atoms with Crippen molar-refractivity contribution in [2.24, 2.45) is 5.92 Å². The van der Waals surface area contributed by atoms with Crippen molar-refractivity contribution in [2.45, 2.75) is 46.5 Å². The van der Waals surface area contributed by atoms with Gasteiger partial charge < -0.3 is 9.80 Å². The van der Waals surface area contributed by atoms with Crippen LogP contribution in [0.15, 0.2) is 6.20 Å². The fourth-order valence-electron chi connectivity index (χ4n) is 2.82. The maximum atomic E-state index is 4.75. The fraction of sp³-hybridized carbons (Fsp3) is 0.800. The molecule has 112 valence electrons. The highest BCUT2D eigenvalue weighted by molar-refractivity contribution is 5.41. The van der Waals surface area contributed by atoms with Crippen LogP contribution < -0.4 is 9.80 Å². The molecule has 1 fully saturated rings. The number of hydrogen-bond donors (Lipinski definition) is 0. The van der Waals surface area contributed by atoms with Gasteiger partial charge in [-0.05, 0) is 31.6 Å². The molecule has 1 aromatic rings. The van der Waals surface area contributed by atoms with E-state index in [4.69, 9.17) is 4.98 Å². The molecule has 0 N–H and O–H groups in total. The highest BCUT2D eigenvalue weighted by atomic mass is 15.3. The Kier molecular flexibility index (Phi) is 5.56. The molecule has 1 unspecified atom stereocenters. The summed E-state index contributed by atoms with van der Waals surface area (Å²) >= 11 is 0. The Morgan fingerprint density at radius 2 is 2.05 bits per heavy atom. The number of rotatable bonds is 6. The second kappa shape index (κ2) is 7.41. The van der Waals surface area contributed by atoms with Crippen LogP contribution in [0, 0.1) is 5.92 Å². The standard InChI is InChI=1S/C15H27N5/c1-4-8-19(9-5-2)14-11-16-18-15(17-14)20-10-6-7-13(3)12-20/h11,13H,4-10,12H2,1-3H3. The third kappa shape index (κ3) is 3.81. The van der Waals surface area contributed by atoms with Gasteiger partial charge in [-0.25, -0.2) is 0 Å². The molecule has 0 aliphatic carbocycles. The molecule has 0 radical (unpaired) electrons. The lowest BCUT2D eigenvalue weighted by atomic mass is 10.0. The smallest absolute Gasteiger partial charge is 0.247 e. The molecule has 5 nitrogen and oxygen atoms in total. The van der Waals surface area contributed by atoms with Gasteiger partial charge in [-0.2, -0.15) is 10.1 Å². The third-order valence-electron chi connectivity index (χ3n) is 3.79. The van der Waals surface area contributed by atoms with Crippen molar-refractivity contribution in [1.82, 2.24) is 15.2 Å². The van der Waals surface area contributed by atoms with Crippen LogP contribution in [0.4, 0.5) is 11.8 Å². The lowest BCUT2D eigenvalue weighted by molar-refractivity contribution is 0.441. The van der Waals surface area contributed by atoms with Gasteiger partial charge in [0.2, 0.25) is 5.95 Å². The number of hydrogen-bond acceptors (Lipinski definition) is 5. The van der Waals surface area contributed by atoms with E-state index in [0.717, 1.165) is 56.7 Å². The van der Waals surface area contributed by atoms with Gasteiger partial charge >= 0.3 is 0 Å². The predicted octanol–water partition coefficient (Wildman–Crippen LogP) is 2.73. The summed E-state index contributed by atoms with van der Waals surface area (Å²) in [6.45, 7) is 10.9. The first-order valence-corrected chi connectivity index (χ1v) is 7.94. The zero-order chi connectivity index (χ0) is 14.4. The van der Waals surface area contributed by atoms with E-state index in [1.54, 1.807) is 6.20 Å². The fourth-order valence-corrected chi connectivity index (χ4v) is 2.82. The molecule has 1 saturated heterocycles. The Balaban J connectivity index is 2.13. The minimum Gasteiger partial charge on any atom is -0.355 e. The quantitative estimate of drug-likeness (QED) is 0.800. The molecule has 1 aliphatic rings. The maximum absolute atomic E-state index is 4.75. The summed E-state index contributed by atoms with van der Waals surface area (Å²) in [6, 6.07) is 0. The van der Waals surface area contributed by atoms with Crippen LogP contribution in [0.3, 0.4) is 0 Å². The molecular formula is C15H27N5. The average molecular weight is 277 g/mol. The number of anilines is 2. The predicted molar refractivity (Wildman–Crippen MR) is 83.2 cm³/mol. The summed E-state index contributed by atoms with van der Waals surface area (Å²) in [7, 11) is 0. The molecule has 2 heterocycles. The number of aromatic nitrogens is 3. The van der Waals surface area contributed by atoms with E-state index >= 15 is 0 Å². The molecule has 20 heavy (non-hydrogen) atoms. The summed E-state index contributed by atoms with van der Waals surface area (Å²) in [6.07, 6.45) is 6.58. The molecule has 0 spiro atoms. The lowest BCUT2D eigenvalue weighted by Crippen LogP contribution is -2.36. The van der Waals surface area contributed by atoms with Crippen LogP contribution in [0.1, 0.15) is 46.5 Å². The van der Waals surface area contributed by atoms with Gasteiger partial charge in [0.25, 0.3) is 0 Å². The van der Waals surface area contributed by atoms with Crippen molar-refractivity contribution >= 4 is 11.8 Å².